The van der Waals surface area contributed by atoms with Crippen molar-refractivity contribution in [2.75, 3.05) is 26.2 Å². The summed E-state index contributed by atoms with van der Waals surface area (Å²) in [5, 5.41) is 3.34. The Morgan fingerprint density at radius 2 is 1.76 bits per heavy atom. The van der Waals surface area contributed by atoms with E-state index in [1.165, 1.54) is 0 Å². The lowest BCUT2D eigenvalue weighted by atomic mass is 9.87. The summed E-state index contributed by atoms with van der Waals surface area (Å²) >= 11 is 0. The van der Waals surface area contributed by atoms with Crippen molar-refractivity contribution in [2.24, 2.45) is 5.92 Å². The van der Waals surface area contributed by atoms with Crippen LogP contribution in [-0.4, -0.2) is 42.4 Å². The molecule has 1 aliphatic rings. The van der Waals surface area contributed by atoms with Gasteiger partial charge in [0.05, 0.1) is 5.54 Å². The van der Waals surface area contributed by atoms with Crippen molar-refractivity contribution in [3.05, 3.63) is 0 Å². The first-order chi connectivity index (χ1) is 8.02. The molecule has 0 saturated carbocycles. The van der Waals surface area contributed by atoms with Crippen molar-refractivity contribution in [3.8, 4) is 0 Å². The molecule has 1 heterocycles. The summed E-state index contributed by atoms with van der Waals surface area (Å²) < 4.78 is 0. The number of carbonyl (C=O) groups is 1. The van der Waals surface area contributed by atoms with Crippen molar-refractivity contribution in [1.29, 1.82) is 0 Å². The number of carbonyl (C=O) groups excluding carboxylic acids is 1. The maximum absolute atomic E-state index is 12.4. The third-order valence-electron chi connectivity index (χ3n) is 4.22. The first-order valence-corrected chi connectivity index (χ1v) is 7.01. The highest BCUT2D eigenvalue weighted by Gasteiger charge is 2.35. The van der Waals surface area contributed by atoms with Crippen LogP contribution in [0.1, 0.15) is 47.0 Å². The summed E-state index contributed by atoms with van der Waals surface area (Å²) in [6.07, 6.45) is 2.96. The second kappa shape index (κ2) is 6.50. The van der Waals surface area contributed by atoms with Gasteiger partial charge in [-0.1, -0.05) is 26.7 Å². The Morgan fingerprint density at radius 1 is 1.24 bits per heavy atom. The molecule has 1 fully saturated rings. The SMILES string of the molecule is CCC(CC)CC(=O)C(C)(C)N1CCNCC1. The Kier molecular flexibility index (Phi) is 5.60. The van der Waals surface area contributed by atoms with Crippen LogP contribution in [0.2, 0.25) is 0 Å². The fourth-order valence-corrected chi connectivity index (χ4v) is 2.49. The van der Waals surface area contributed by atoms with Crippen molar-refractivity contribution in [3.63, 3.8) is 0 Å². The second-order valence-corrected chi connectivity index (χ2v) is 5.61. The zero-order chi connectivity index (χ0) is 12.9. The number of nitrogens with one attached hydrogen (secondary N) is 1. The minimum Gasteiger partial charge on any atom is -0.314 e. The third-order valence-corrected chi connectivity index (χ3v) is 4.22. The van der Waals surface area contributed by atoms with E-state index in [-0.39, 0.29) is 5.54 Å². The number of hydrogen-bond donors (Lipinski definition) is 1. The Hall–Kier alpha value is -0.410. The van der Waals surface area contributed by atoms with Crippen LogP contribution in [0.4, 0.5) is 0 Å². The Balaban J connectivity index is 2.58. The van der Waals surface area contributed by atoms with Crippen LogP contribution in [0.5, 0.6) is 0 Å². The van der Waals surface area contributed by atoms with Crippen molar-refractivity contribution in [2.45, 2.75) is 52.5 Å². The van der Waals surface area contributed by atoms with Gasteiger partial charge in [-0.2, -0.15) is 0 Å². The lowest BCUT2D eigenvalue weighted by Crippen LogP contribution is -2.57. The fraction of sp³-hybridized carbons (Fsp3) is 0.929. The predicted molar refractivity (Wildman–Crippen MR) is 72.2 cm³/mol. The first-order valence-electron chi connectivity index (χ1n) is 7.01. The molecule has 0 amide bonds. The zero-order valence-corrected chi connectivity index (χ0v) is 11.9. The molecule has 3 nitrogen and oxygen atoms in total. The summed E-state index contributed by atoms with van der Waals surface area (Å²) in [4.78, 5) is 14.8. The quantitative estimate of drug-likeness (QED) is 0.771. The van der Waals surface area contributed by atoms with Crippen LogP contribution in [0.15, 0.2) is 0 Å². The molecular formula is C14H28N2O. The zero-order valence-electron chi connectivity index (χ0n) is 11.9. The van der Waals surface area contributed by atoms with E-state index in [0.29, 0.717) is 11.7 Å². The van der Waals surface area contributed by atoms with Crippen LogP contribution in [0, 0.1) is 5.92 Å². The number of piperazine rings is 1. The molecule has 0 spiro atoms. The molecule has 1 saturated heterocycles. The molecule has 0 aromatic rings. The molecule has 0 radical (unpaired) electrons. The topological polar surface area (TPSA) is 32.3 Å². The number of nitrogens with zero attached hydrogens (tertiary/aromatic N) is 1. The highest BCUT2D eigenvalue weighted by atomic mass is 16.1. The van der Waals surface area contributed by atoms with Crippen molar-refractivity contribution < 1.29 is 4.79 Å². The first kappa shape index (κ1) is 14.7. The van der Waals surface area contributed by atoms with Gasteiger partial charge in [-0.05, 0) is 19.8 Å². The molecule has 0 bridgehead atoms. The average Bonchev–Trinajstić information content (AvgIpc) is 2.36. The Labute approximate surface area is 106 Å². The molecule has 1 N–H and O–H groups in total. The molecule has 0 aromatic carbocycles. The van der Waals surface area contributed by atoms with Crippen molar-refractivity contribution >= 4 is 5.78 Å². The van der Waals surface area contributed by atoms with Gasteiger partial charge in [-0.15, -0.1) is 0 Å². The van der Waals surface area contributed by atoms with E-state index in [9.17, 15) is 4.79 Å². The molecule has 1 rings (SSSR count). The highest BCUT2D eigenvalue weighted by molar-refractivity contribution is 5.87. The van der Waals surface area contributed by atoms with Gasteiger partial charge in [0, 0.05) is 32.6 Å². The lowest BCUT2D eigenvalue weighted by molar-refractivity contribution is -0.130. The predicted octanol–water partition coefficient (Wildman–Crippen LogP) is 2.07. The molecular weight excluding hydrogens is 212 g/mol. The molecule has 0 aromatic heterocycles. The van der Waals surface area contributed by atoms with Crippen LogP contribution in [0.3, 0.4) is 0 Å². The van der Waals surface area contributed by atoms with E-state index >= 15 is 0 Å². The monoisotopic (exact) mass is 240 g/mol. The molecule has 0 aliphatic carbocycles. The summed E-state index contributed by atoms with van der Waals surface area (Å²) in [5.74, 6) is 0.970. The molecule has 0 atom stereocenters. The van der Waals surface area contributed by atoms with Gasteiger partial charge in [0.25, 0.3) is 0 Å². The van der Waals surface area contributed by atoms with E-state index in [0.717, 1.165) is 45.4 Å². The van der Waals surface area contributed by atoms with Crippen LogP contribution < -0.4 is 5.32 Å². The molecule has 3 heteroatoms. The number of Topliss-reactive ketones (excluding diaryl/α,β-unsaturated/α-hetero) is 1. The van der Waals surface area contributed by atoms with E-state index in [2.05, 4.69) is 37.9 Å². The maximum Gasteiger partial charge on any atom is 0.152 e. The van der Waals surface area contributed by atoms with E-state index < -0.39 is 0 Å². The smallest absolute Gasteiger partial charge is 0.152 e. The molecule has 100 valence electrons. The van der Waals surface area contributed by atoms with Crippen LogP contribution in [0.25, 0.3) is 0 Å². The van der Waals surface area contributed by atoms with Gasteiger partial charge in [0.1, 0.15) is 0 Å². The minimum absolute atomic E-state index is 0.287. The lowest BCUT2D eigenvalue weighted by Gasteiger charge is -2.40. The number of hydrogen-bond acceptors (Lipinski definition) is 3. The number of rotatable bonds is 6. The third kappa shape index (κ3) is 3.78. The van der Waals surface area contributed by atoms with Crippen molar-refractivity contribution in [1.82, 2.24) is 10.2 Å². The van der Waals surface area contributed by atoms with Crippen LogP contribution in [-0.2, 0) is 4.79 Å². The Morgan fingerprint density at radius 3 is 2.24 bits per heavy atom. The Bertz CT molecular complexity index is 241. The summed E-state index contributed by atoms with van der Waals surface area (Å²) in [5.41, 5.74) is -0.287. The highest BCUT2D eigenvalue weighted by Crippen LogP contribution is 2.23. The van der Waals surface area contributed by atoms with E-state index in [4.69, 9.17) is 0 Å². The summed E-state index contributed by atoms with van der Waals surface area (Å²) in [6.45, 7) is 12.5. The second-order valence-electron chi connectivity index (χ2n) is 5.61. The van der Waals surface area contributed by atoms with Gasteiger partial charge >= 0.3 is 0 Å². The van der Waals surface area contributed by atoms with Gasteiger partial charge in [0.2, 0.25) is 0 Å². The maximum atomic E-state index is 12.4. The summed E-state index contributed by atoms with van der Waals surface area (Å²) in [7, 11) is 0. The number of ketones is 1. The largest absolute Gasteiger partial charge is 0.314 e. The molecule has 0 unspecified atom stereocenters. The molecule has 1 aliphatic heterocycles. The van der Waals surface area contributed by atoms with Crippen LogP contribution >= 0.6 is 0 Å². The average molecular weight is 240 g/mol. The van der Waals surface area contributed by atoms with Gasteiger partial charge in [-0.25, -0.2) is 0 Å². The van der Waals surface area contributed by atoms with Gasteiger partial charge < -0.3 is 5.32 Å². The minimum atomic E-state index is -0.287. The summed E-state index contributed by atoms with van der Waals surface area (Å²) in [6, 6.07) is 0. The normalized spacial score (nSPS) is 18.6. The standard InChI is InChI=1S/C14H28N2O/c1-5-12(6-2)11-13(17)14(3,4)16-9-7-15-8-10-16/h12,15H,5-11H2,1-4H3. The van der Waals surface area contributed by atoms with E-state index in [1.807, 2.05) is 0 Å². The fourth-order valence-electron chi connectivity index (χ4n) is 2.49. The van der Waals surface area contributed by atoms with Gasteiger partial charge in [-0.3, -0.25) is 9.69 Å². The molecule has 17 heavy (non-hydrogen) atoms. The van der Waals surface area contributed by atoms with E-state index in [1.54, 1.807) is 0 Å². The van der Waals surface area contributed by atoms with Gasteiger partial charge in [0.15, 0.2) is 5.78 Å².